The monoisotopic (exact) mass is 390 g/mol. The molecular weight excluding hydrogens is 370 g/mol. The number of para-hydroxylation sites is 2. The zero-order chi connectivity index (χ0) is 20.3. The Balaban J connectivity index is 1.76. The molecule has 1 fully saturated rings. The number of halogens is 2. The second-order valence-electron chi connectivity index (χ2n) is 6.44. The number of benzene rings is 2. The Kier molecular flexibility index (Phi) is 5.77. The van der Waals surface area contributed by atoms with Gasteiger partial charge in [0, 0.05) is 13.0 Å². The van der Waals surface area contributed by atoms with Crippen LogP contribution in [0.3, 0.4) is 0 Å². The van der Waals surface area contributed by atoms with Crippen molar-refractivity contribution in [3.8, 4) is 11.5 Å². The van der Waals surface area contributed by atoms with Crippen LogP contribution in [0.1, 0.15) is 12.0 Å². The first-order valence-electron chi connectivity index (χ1n) is 8.68. The highest BCUT2D eigenvalue weighted by atomic mass is 19.3. The van der Waals surface area contributed by atoms with Crippen molar-refractivity contribution in [2.45, 2.75) is 20.0 Å². The molecule has 1 unspecified atom stereocenters. The SMILES string of the molecule is COc1ccc(C)cc1N1CC(C(=O)Nc2ccccc2OC(F)F)CC1=O. The summed E-state index contributed by atoms with van der Waals surface area (Å²) in [6.45, 7) is -0.939. The quantitative estimate of drug-likeness (QED) is 0.819. The zero-order valence-electron chi connectivity index (χ0n) is 15.4. The van der Waals surface area contributed by atoms with E-state index >= 15 is 0 Å². The van der Waals surface area contributed by atoms with Gasteiger partial charge < -0.3 is 19.7 Å². The standard InChI is InChI=1S/C20H20F2N2O4/c1-12-7-8-17(27-2)15(9-12)24-11-13(10-18(24)25)19(26)23-14-5-3-4-6-16(14)28-20(21)22/h3-9,13,20H,10-11H2,1-2H3,(H,23,26). The normalized spacial score (nSPS) is 16.4. The number of carbonyl (C=O) groups excluding carboxylic acids is 2. The van der Waals surface area contributed by atoms with Gasteiger partial charge in [-0.05, 0) is 36.8 Å². The van der Waals surface area contributed by atoms with Crippen LogP contribution in [0.2, 0.25) is 0 Å². The molecule has 0 saturated carbocycles. The van der Waals surface area contributed by atoms with E-state index in [1.54, 1.807) is 12.1 Å². The second-order valence-corrected chi connectivity index (χ2v) is 6.44. The van der Waals surface area contributed by atoms with Crippen LogP contribution in [0.4, 0.5) is 20.2 Å². The number of methoxy groups -OCH3 is 1. The molecule has 0 bridgehead atoms. The maximum absolute atomic E-state index is 12.6. The van der Waals surface area contributed by atoms with Crippen LogP contribution in [0.25, 0.3) is 0 Å². The highest BCUT2D eigenvalue weighted by Crippen LogP contribution is 2.34. The first-order chi connectivity index (χ1) is 13.4. The molecule has 0 aliphatic carbocycles. The molecule has 6 nitrogen and oxygen atoms in total. The molecular formula is C20H20F2N2O4. The molecule has 28 heavy (non-hydrogen) atoms. The molecule has 0 aromatic heterocycles. The van der Waals surface area contributed by atoms with Gasteiger partial charge in [-0.15, -0.1) is 0 Å². The average molecular weight is 390 g/mol. The van der Waals surface area contributed by atoms with Crippen molar-refractivity contribution in [2.75, 3.05) is 23.9 Å². The Bertz CT molecular complexity index is 888. The van der Waals surface area contributed by atoms with Crippen molar-refractivity contribution < 1.29 is 27.8 Å². The van der Waals surface area contributed by atoms with Crippen molar-refractivity contribution in [1.29, 1.82) is 0 Å². The van der Waals surface area contributed by atoms with Crippen LogP contribution in [-0.2, 0) is 9.59 Å². The molecule has 1 aliphatic rings. The third-order valence-electron chi connectivity index (χ3n) is 4.48. The molecule has 148 valence electrons. The number of anilines is 2. The summed E-state index contributed by atoms with van der Waals surface area (Å²) in [5.74, 6) is -0.866. The summed E-state index contributed by atoms with van der Waals surface area (Å²) < 4.78 is 34.8. The first-order valence-corrected chi connectivity index (χ1v) is 8.68. The summed E-state index contributed by atoms with van der Waals surface area (Å²) in [7, 11) is 1.51. The van der Waals surface area contributed by atoms with Crippen molar-refractivity contribution >= 4 is 23.2 Å². The second kappa shape index (κ2) is 8.24. The minimum Gasteiger partial charge on any atom is -0.495 e. The smallest absolute Gasteiger partial charge is 0.387 e. The summed E-state index contributed by atoms with van der Waals surface area (Å²) in [4.78, 5) is 26.6. The predicted octanol–water partition coefficient (Wildman–Crippen LogP) is 3.60. The maximum Gasteiger partial charge on any atom is 0.387 e. The van der Waals surface area contributed by atoms with Gasteiger partial charge in [-0.1, -0.05) is 18.2 Å². The summed E-state index contributed by atoms with van der Waals surface area (Å²) in [5.41, 5.74) is 1.69. The molecule has 3 rings (SSSR count). The fourth-order valence-corrected chi connectivity index (χ4v) is 3.13. The van der Waals surface area contributed by atoms with Crippen LogP contribution < -0.4 is 19.7 Å². The molecule has 1 saturated heterocycles. The predicted molar refractivity (Wildman–Crippen MR) is 99.9 cm³/mol. The Morgan fingerprint density at radius 2 is 1.96 bits per heavy atom. The number of aryl methyl sites for hydroxylation is 1. The summed E-state index contributed by atoms with van der Waals surface area (Å²) in [6, 6.07) is 11.4. The van der Waals surface area contributed by atoms with Gasteiger partial charge in [-0.3, -0.25) is 9.59 Å². The number of ether oxygens (including phenoxy) is 2. The zero-order valence-corrected chi connectivity index (χ0v) is 15.4. The average Bonchev–Trinajstić information content (AvgIpc) is 3.04. The fourth-order valence-electron chi connectivity index (χ4n) is 3.13. The van der Waals surface area contributed by atoms with Gasteiger partial charge in [0.15, 0.2) is 0 Å². The van der Waals surface area contributed by atoms with Crippen molar-refractivity contribution in [1.82, 2.24) is 0 Å². The van der Waals surface area contributed by atoms with E-state index in [0.717, 1.165) is 5.56 Å². The number of amides is 2. The third-order valence-corrected chi connectivity index (χ3v) is 4.48. The van der Waals surface area contributed by atoms with E-state index in [9.17, 15) is 18.4 Å². The molecule has 1 heterocycles. The van der Waals surface area contributed by atoms with E-state index in [1.807, 2.05) is 19.1 Å². The lowest BCUT2D eigenvalue weighted by Gasteiger charge is -2.20. The number of alkyl halides is 2. The van der Waals surface area contributed by atoms with E-state index < -0.39 is 18.4 Å². The Morgan fingerprint density at radius 3 is 2.68 bits per heavy atom. The lowest BCUT2D eigenvalue weighted by atomic mass is 10.1. The van der Waals surface area contributed by atoms with Crippen molar-refractivity contribution in [3.05, 3.63) is 48.0 Å². The largest absolute Gasteiger partial charge is 0.495 e. The van der Waals surface area contributed by atoms with E-state index in [0.29, 0.717) is 11.4 Å². The molecule has 2 aromatic rings. The highest BCUT2D eigenvalue weighted by Gasteiger charge is 2.36. The maximum atomic E-state index is 12.6. The highest BCUT2D eigenvalue weighted by molar-refractivity contribution is 6.04. The van der Waals surface area contributed by atoms with Crippen LogP contribution in [0, 0.1) is 12.8 Å². The van der Waals surface area contributed by atoms with Crippen LogP contribution in [-0.4, -0.2) is 32.1 Å². The van der Waals surface area contributed by atoms with Gasteiger partial charge in [0.2, 0.25) is 11.8 Å². The van der Waals surface area contributed by atoms with Crippen LogP contribution in [0.5, 0.6) is 11.5 Å². The van der Waals surface area contributed by atoms with Gasteiger partial charge in [0.25, 0.3) is 0 Å². The minimum absolute atomic E-state index is 0.0147. The van der Waals surface area contributed by atoms with Gasteiger partial charge in [0.05, 0.1) is 24.4 Å². The van der Waals surface area contributed by atoms with Crippen LogP contribution >= 0.6 is 0 Å². The van der Waals surface area contributed by atoms with Gasteiger partial charge in [-0.25, -0.2) is 0 Å². The number of hydrogen-bond acceptors (Lipinski definition) is 4. The third kappa shape index (κ3) is 4.21. The molecule has 1 N–H and O–H groups in total. The van der Waals surface area contributed by atoms with E-state index in [4.69, 9.17) is 4.74 Å². The van der Waals surface area contributed by atoms with Crippen molar-refractivity contribution in [3.63, 3.8) is 0 Å². The number of nitrogens with one attached hydrogen (secondary N) is 1. The Labute approximate surface area is 161 Å². The summed E-state index contributed by atoms with van der Waals surface area (Å²) >= 11 is 0. The van der Waals surface area contributed by atoms with Crippen molar-refractivity contribution in [2.24, 2.45) is 5.92 Å². The molecule has 2 aromatic carbocycles. The molecule has 2 amide bonds. The summed E-state index contributed by atoms with van der Waals surface area (Å²) in [6.07, 6.45) is 0.0147. The van der Waals surface area contributed by atoms with E-state index in [2.05, 4.69) is 10.1 Å². The molecule has 0 spiro atoms. The molecule has 1 atom stereocenters. The van der Waals surface area contributed by atoms with Gasteiger partial charge >= 0.3 is 6.61 Å². The number of rotatable bonds is 6. The van der Waals surface area contributed by atoms with E-state index in [1.165, 1.54) is 30.2 Å². The fraction of sp³-hybridized carbons (Fsp3) is 0.300. The van der Waals surface area contributed by atoms with E-state index in [-0.39, 0.29) is 30.3 Å². The molecule has 8 heteroatoms. The van der Waals surface area contributed by atoms with Gasteiger partial charge in [0.1, 0.15) is 11.5 Å². The summed E-state index contributed by atoms with van der Waals surface area (Å²) in [5, 5.41) is 2.58. The molecule has 1 aliphatic heterocycles. The number of nitrogens with zero attached hydrogens (tertiary/aromatic N) is 1. The lowest BCUT2D eigenvalue weighted by Crippen LogP contribution is -2.28. The number of carbonyl (C=O) groups is 2. The van der Waals surface area contributed by atoms with Gasteiger partial charge in [-0.2, -0.15) is 8.78 Å². The Morgan fingerprint density at radius 1 is 1.21 bits per heavy atom. The minimum atomic E-state index is -3.00. The molecule has 0 radical (unpaired) electrons. The number of hydrogen-bond donors (Lipinski definition) is 1. The first kappa shape index (κ1) is 19.6. The van der Waals surface area contributed by atoms with Crippen LogP contribution in [0.15, 0.2) is 42.5 Å². The Hall–Kier alpha value is -3.16. The topological polar surface area (TPSA) is 67.9 Å². The lowest BCUT2D eigenvalue weighted by molar-refractivity contribution is -0.122.